The Bertz CT molecular complexity index is 454. The van der Waals surface area contributed by atoms with E-state index in [1.807, 2.05) is 37.3 Å². The Labute approximate surface area is 118 Å². The van der Waals surface area contributed by atoms with Crippen LogP contribution in [0, 0.1) is 0 Å². The average molecular weight is 279 g/mol. The molecule has 1 saturated heterocycles. The topological polar surface area (TPSA) is 73.9 Å². The molecule has 5 nitrogen and oxygen atoms in total. The number of rotatable bonds is 4. The molecule has 1 aliphatic heterocycles. The first-order valence-corrected chi connectivity index (χ1v) is 7.03. The minimum atomic E-state index is -0.782. The molecule has 20 heavy (non-hydrogen) atoms. The van der Waals surface area contributed by atoms with Crippen molar-refractivity contribution in [2.75, 3.05) is 13.2 Å². The van der Waals surface area contributed by atoms with Crippen LogP contribution in [0.1, 0.15) is 18.9 Å². The lowest BCUT2D eigenvalue weighted by molar-refractivity contribution is -0.189. The molecule has 0 bridgehead atoms. The molecule has 2 aliphatic rings. The lowest BCUT2D eigenvalue weighted by Gasteiger charge is -2.27. The van der Waals surface area contributed by atoms with E-state index in [0.717, 1.165) is 5.56 Å². The van der Waals surface area contributed by atoms with Crippen LogP contribution in [0.4, 0.5) is 0 Å². The number of benzene rings is 1. The van der Waals surface area contributed by atoms with Gasteiger partial charge < -0.3 is 25.1 Å². The molecule has 0 spiro atoms. The molecule has 110 valence electrons. The second-order valence-corrected chi connectivity index (χ2v) is 5.51. The van der Waals surface area contributed by atoms with Crippen molar-refractivity contribution in [3.8, 4) is 0 Å². The van der Waals surface area contributed by atoms with Gasteiger partial charge in [-0.2, -0.15) is 0 Å². The molecular weight excluding hydrogens is 258 g/mol. The molecule has 0 amide bonds. The van der Waals surface area contributed by atoms with E-state index in [0.29, 0.717) is 13.0 Å². The number of nitrogens with two attached hydrogens (primary N) is 1. The monoisotopic (exact) mass is 279 g/mol. The van der Waals surface area contributed by atoms with E-state index in [9.17, 15) is 0 Å². The fourth-order valence-corrected chi connectivity index (χ4v) is 3.08. The Hall–Kier alpha value is -0.980. The van der Waals surface area contributed by atoms with E-state index >= 15 is 0 Å². The first kappa shape index (κ1) is 14.0. The normalized spacial score (nSPS) is 40.0. The first-order chi connectivity index (χ1) is 9.64. The van der Waals surface area contributed by atoms with E-state index in [1.165, 1.54) is 0 Å². The summed E-state index contributed by atoms with van der Waals surface area (Å²) in [5, 5.41) is 8.89. The largest absolute Gasteiger partial charge is 0.394 e. The van der Waals surface area contributed by atoms with Crippen molar-refractivity contribution in [3.05, 3.63) is 35.9 Å². The highest BCUT2D eigenvalue weighted by Crippen LogP contribution is 2.44. The molecule has 5 heteroatoms. The maximum atomic E-state index is 8.89. The maximum absolute atomic E-state index is 8.89. The highest BCUT2D eigenvalue weighted by atomic mass is 16.8. The van der Waals surface area contributed by atoms with Gasteiger partial charge >= 0.3 is 0 Å². The van der Waals surface area contributed by atoms with Crippen molar-refractivity contribution >= 4 is 0 Å². The number of aliphatic hydroxyl groups excluding tert-OH is 1. The van der Waals surface area contributed by atoms with Crippen molar-refractivity contribution in [3.63, 3.8) is 0 Å². The molecule has 1 saturated carbocycles. The van der Waals surface area contributed by atoms with E-state index in [4.69, 9.17) is 25.1 Å². The van der Waals surface area contributed by atoms with Crippen LogP contribution in [0.15, 0.2) is 30.3 Å². The number of hydrogen-bond donors (Lipinski definition) is 2. The Morgan fingerprint density at radius 3 is 2.70 bits per heavy atom. The lowest BCUT2D eigenvalue weighted by Crippen LogP contribution is -2.35. The third-order valence-electron chi connectivity index (χ3n) is 4.06. The zero-order valence-electron chi connectivity index (χ0n) is 11.6. The zero-order valence-corrected chi connectivity index (χ0v) is 11.6. The Kier molecular flexibility index (Phi) is 3.79. The summed E-state index contributed by atoms with van der Waals surface area (Å²) in [7, 11) is 0. The quantitative estimate of drug-likeness (QED) is 0.851. The van der Waals surface area contributed by atoms with E-state index < -0.39 is 5.79 Å². The van der Waals surface area contributed by atoms with Gasteiger partial charge in [0.05, 0.1) is 19.3 Å². The van der Waals surface area contributed by atoms with E-state index in [2.05, 4.69) is 0 Å². The number of ether oxygens (including phenoxy) is 3. The smallest absolute Gasteiger partial charge is 0.193 e. The molecule has 3 N–H and O–H groups in total. The number of fused-ring (bicyclic) bond motifs is 1. The predicted octanol–water partition coefficient (Wildman–Crippen LogP) is 0.752. The van der Waals surface area contributed by atoms with Gasteiger partial charge in [0.15, 0.2) is 5.79 Å². The Morgan fingerprint density at radius 2 is 2.00 bits per heavy atom. The minimum Gasteiger partial charge on any atom is -0.394 e. The summed E-state index contributed by atoms with van der Waals surface area (Å²) in [6.45, 7) is 2.21. The number of hydrogen-bond acceptors (Lipinski definition) is 5. The van der Waals surface area contributed by atoms with Gasteiger partial charge in [0.1, 0.15) is 12.2 Å². The van der Waals surface area contributed by atoms with E-state index in [1.54, 1.807) is 0 Å². The molecule has 1 aliphatic carbocycles. The summed E-state index contributed by atoms with van der Waals surface area (Å²) in [5.41, 5.74) is 7.11. The summed E-state index contributed by atoms with van der Waals surface area (Å²) in [5.74, 6) is -0.782. The third kappa shape index (κ3) is 2.36. The Balaban J connectivity index is 1.78. The Morgan fingerprint density at radius 1 is 1.30 bits per heavy atom. The first-order valence-electron chi connectivity index (χ1n) is 7.03. The second kappa shape index (κ2) is 5.42. The van der Waals surface area contributed by atoms with Gasteiger partial charge in [0.25, 0.3) is 0 Å². The van der Waals surface area contributed by atoms with Crippen LogP contribution < -0.4 is 5.73 Å². The maximum Gasteiger partial charge on any atom is 0.193 e. The molecule has 5 atom stereocenters. The second-order valence-electron chi connectivity index (χ2n) is 5.51. The highest BCUT2D eigenvalue weighted by molar-refractivity contribution is 5.21. The average Bonchev–Trinajstić information content (AvgIpc) is 2.95. The van der Waals surface area contributed by atoms with Crippen molar-refractivity contribution < 1.29 is 19.3 Å². The van der Waals surface area contributed by atoms with Crippen LogP contribution >= 0.6 is 0 Å². The van der Waals surface area contributed by atoms with Gasteiger partial charge in [0.2, 0.25) is 0 Å². The number of aliphatic hydroxyl groups is 1. The van der Waals surface area contributed by atoms with Crippen LogP contribution in [-0.4, -0.2) is 42.7 Å². The van der Waals surface area contributed by atoms with Gasteiger partial charge in [-0.1, -0.05) is 30.3 Å². The molecule has 3 rings (SSSR count). The fraction of sp³-hybridized carbons (Fsp3) is 0.600. The van der Waals surface area contributed by atoms with Gasteiger partial charge in [0, 0.05) is 11.6 Å². The summed E-state index contributed by atoms with van der Waals surface area (Å²) >= 11 is 0. The molecule has 0 aromatic heterocycles. The van der Waals surface area contributed by atoms with Crippen molar-refractivity contribution in [1.82, 2.24) is 0 Å². The van der Waals surface area contributed by atoms with Gasteiger partial charge in [-0.05, 0) is 13.3 Å². The predicted molar refractivity (Wildman–Crippen MR) is 73.0 cm³/mol. The van der Waals surface area contributed by atoms with E-state index in [-0.39, 0.29) is 31.0 Å². The summed E-state index contributed by atoms with van der Waals surface area (Å²) < 4.78 is 17.9. The van der Waals surface area contributed by atoms with Crippen molar-refractivity contribution in [1.29, 1.82) is 0 Å². The van der Waals surface area contributed by atoms with Crippen LogP contribution in [0.2, 0.25) is 0 Å². The molecule has 1 aromatic carbocycles. The molecule has 1 unspecified atom stereocenters. The van der Waals surface area contributed by atoms with Crippen LogP contribution in [0.3, 0.4) is 0 Å². The summed E-state index contributed by atoms with van der Waals surface area (Å²) in [6, 6.07) is 9.74. The SMILES string of the molecule is CC1(c2ccccc2)O[C@@H]2[C@H](O1)[C@@H](OCCO)C[C@H]2N. The molecular formula is C15H21NO4. The van der Waals surface area contributed by atoms with Gasteiger partial charge in [-0.25, -0.2) is 0 Å². The van der Waals surface area contributed by atoms with Crippen LogP contribution in [-0.2, 0) is 20.0 Å². The summed E-state index contributed by atoms with van der Waals surface area (Å²) in [4.78, 5) is 0. The minimum absolute atomic E-state index is 0.0000645. The third-order valence-corrected chi connectivity index (χ3v) is 4.06. The zero-order chi connectivity index (χ0) is 14.2. The molecule has 2 fully saturated rings. The molecule has 1 heterocycles. The van der Waals surface area contributed by atoms with Crippen LogP contribution in [0.5, 0.6) is 0 Å². The van der Waals surface area contributed by atoms with Crippen molar-refractivity contribution in [2.24, 2.45) is 5.73 Å². The van der Waals surface area contributed by atoms with Crippen molar-refractivity contribution in [2.45, 2.75) is 43.5 Å². The lowest BCUT2D eigenvalue weighted by atomic mass is 10.1. The standard InChI is InChI=1S/C15H21NO4/c1-15(10-5-3-2-4-6-10)19-13-11(16)9-12(14(13)20-15)18-8-7-17/h2-6,11-14,17H,7-9,16H2,1H3/t11-,12+,13+,14-,15?/m1/s1. The van der Waals surface area contributed by atoms with Gasteiger partial charge in [-0.3, -0.25) is 0 Å². The molecule has 0 radical (unpaired) electrons. The highest BCUT2D eigenvalue weighted by Gasteiger charge is 2.55. The summed E-state index contributed by atoms with van der Waals surface area (Å²) in [6.07, 6.45) is 0.235. The van der Waals surface area contributed by atoms with Crippen LogP contribution in [0.25, 0.3) is 0 Å². The van der Waals surface area contributed by atoms with Gasteiger partial charge in [-0.15, -0.1) is 0 Å². The molecule has 1 aromatic rings. The fourth-order valence-electron chi connectivity index (χ4n) is 3.08.